The minimum atomic E-state index is -3.09. The van der Waals surface area contributed by atoms with Crippen molar-refractivity contribution in [3.05, 3.63) is 74.3 Å². The Labute approximate surface area is 209 Å². The number of anilines is 2. The number of alkyl halides is 2. The number of aromatic nitrogens is 2. The first-order chi connectivity index (χ1) is 16.7. The number of benzene rings is 2. The Morgan fingerprint density at radius 3 is 2.60 bits per heavy atom. The Balaban J connectivity index is 1.66. The number of carbonyl (C=O) groups excluding carboxylic acids is 1. The molecule has 0 bridgehead atoms. The molecular formula is C23H21Cl2F2N5O3. The Hall–Kier alpha value is -3.21. The first-order valence-electron chi connectivity index (χ1n) is 10.6. The number of carbonyl (C=O) groups is 1. The predicted molar refractivity (Wildman–Crippen MR) is 130 cm³/mol. The maximum atomic E-state index is 13.2. The fraction of sp³-hybridized carbons (Fsp3) is 0.261. The third kappa shape index (κ3) is 5.24. The van der Waals surface area contributed by atoms with E-state index in [1.54, 1.807) is 6.07 Å². The van der Waals surface area contributed by atoms with E-state index in [0.29, 0.717) is 5.69 Å². The molecule has 0 unspecified atom stereocenters. The average molecular weight is 524 g/mol. The quantitative estimate of drug-likeness (QED) is 0.483. The molecule has 0 spiro atoms. The van der Waals surface area contributed by atoms with Crippen molar-refractivity contribution in [2.45, 2.75) is 25.5 Å². The molecule has 35 heavy (non-hydrogen) atoms. The fourth-order valence-corrected chi connectivity index (χ4v) is 4.78. The SMILES string of the molecule is CN1CCC[C@H]1c1cccc(NC(=O)c2c(N)ncn(-c3c(Cl)cc(OC(F)F)cc3Cl)c2=O)c1. The van der Waals surface area contributed by atoms with E-state index in [-0.39, 0.29) is 33.3 Å². The molecule has 3 aromatic rings. The van der Waals surface area contributed by atoms with Gasteiger partial charge in [0.2, 0.25) is 0 Å². The maximum absolute atomic E-state index is 13.2. The predicted octanol–water partition coefficient (Wildman–Crippen LogP) is 4.74. The highest BCUT2D eigenvalue weighted by Crippen LogP contribution is 2.34. The van der Waals surface area contributed by atoms with Crippen LogP contribution < -0.4 is 21.3 Å². The minimum absolute atomic E-state index is 0.0623. The number of hydrogen-bond acceptors (Lipinski definition) is 6. The van der Waals surface area contributed by atoms with Crippen LogP contribution in [-0.4, -0.2) is 40.6 Å². The van der Waals surface area contributed by atoms with E-state index < -0.39 is 23.6 Å². The number of likely N-dealkylation sites (tertiary alicyclic amines) is 1. The highest BCUT2D eigenvalue weighted by molar-refractivity contribution is 6.38. The van der Waals surface area contributed by atoms with Gasteiger partial charge in [-0.25, -0.2) is 4.98 Å². The van der Waals surface area contributed by atoms with Gasteiger partial charge in [0.25, 0.3) is 11.5 Å². The Morgan fingerprint density at radius 2 is 1.97 bits per heavy atom. The largest absolute Gasteiger partial charge is 0.435 e. The van der Waals surface area contributed by atoms with Crippen LogP contribution in [0.4, 0.5) is 20.3 Å². The molecule has 1 aliphatic rings. The normalized spacial score (nSPS) is 16.0. The van der Waals surface area contributed by atoms with Gasteiger partial charge in [-0.05, 0) is 44.1 Å². The maximum Gasteiger partial charge on any atom is 0.387 e. The van der Waals surface area contributed by atoms with Crippen molar-refractivity contribution in [2.24, 2.45) is 0 Å². The lowest BCUT2D eigenvalue weighted by atomic mass is 10.0. The molecule has 184 valence electrons. The van der Waals surface area contributed by atoms with Gasteiger partial charge in [0.1, 0.15) is 23.5 Å². The number of ether oxygens (including phenoxy) is 1. The number of nitrogens with zero attached hydrogens (tertiary/aromatic N) is 3. The lowest BCUT2D eigenvalue weighted by Crippen LogP contribution is -2.31. The number of nitrogen functional groups attached to an aromatic ring is 1. The van der Waals surface area contributed by atoms with Gasteiger partial charge < -0.3 is 15.8 Å². The molecule has 8 nitrogen and oxygen atoms in total. The summed E-state index contributed by atoms with van der Waals surface area (Å²) in [5.74, 6) is -1.35. The lowest BCUT2D eigenvalue weighted by Gasteiger charge is -2.20. The first-order valence-corrected chi connectivity index (χ1v) is 11.3. The molecule has 3 N–H and O–H groups in total. The molecule has 2 aromatic carbocycles. The van der Waals surface area contributed by atoms with Crippen LogP contribution in [0.15, 0.2) is 47.5 Å². The summed E-state index contributed by atoms with van der Waals surface area (Å²) < 4.78 is 30.3. The average Bonchev–Trinajstić information content (AvgIpc) is 3.20. The monoisotopic (exact) mass is 523 g/mol. The molecule has 1 aromatic heterocycles. The molecule has 0 aliphatic carbocycles. The zero-order chi connectivity index (χ0) is 25.3. The van der Waals surface area contributed by atoms with Crippen molar-refractivity contribution in [1.29, 1.82) is 0 Å². The van der Waals surface area contributed by atoms with E-state index in [1.807, 2.05) is 25.2 Å². The number of halogens is 4. The Bertz CT molecular complexity index is 1310. The molecule has 0 saturated carbocycles. The molecule has 1 amide bonds. The Kier molecular flexibility index (Phi) is 7.25. The first kappa shape index (κ1) is 24.9. The molecule has 2 heterocycles. The van der Waals surface area contributed by atoms with Gasteiger partial charge >= 0.3 is 6.61 Å². The van der Waals surface area contributed by atoms with E-state index in [1.165, 1.54) is 0 Å². The van der Waals surface area contributed by atoms with Gasteiger partial charge in [0.15, 0.2) is 0 Å². The van der Waals surface area contributed by atoms with Crippen molar-refractivity contribution in [3.8, 4) is 11.4 Å². The second-order valence-electron chi connectivity index (χ2n) is 8.01. The highest BCUT2D eigenvalue weighted by Gasteiger charge is 2.24. The second-order valence-corrected chi connectivity index (χ2v) is 8.83. The number of hydrogen-bond donors (Lipinski definition) is 2. The van der Waals surface area contributed by atoms with Crippen LogP contribution in [0, 0.1) is 0 Å². The van der Waals surface area contributed by atoms with Gasteiger partial charge in [-0.15, -0.1) is 0 Å². The highest BCUT2D eigenvalue weighted by atomic mass is 35.5. The smallest absolute Gasteiger partial charge is 0.387 e. The molecule has 4 rings (SSSR count). The number of nitrogens with one attached hydrogen (secondary N) is 1. The van der Waals surface area contributed by atoms with Crippen LogP contribution in [-0.2, 0) is 0 Å². The molecule has 12 heteroatoms. The summed E-state index contributed by atoms with van der Waals surface area (Å²) in [6.45, 7) is -2.09. The number of nitrogens with two attached hydrogens (primary N) is 1. The van der Waals surface area contributed by atoms with Crippen LogP contribution >= 0.6 is 23.2 Å². The van der Waals surface area contributed by atoms with Crippen molar-refractivity contribution >= 4 is 40.6 Å². The third-order valence-corrected chi connectivity index (χ3v) is 6.31. The van der Waals surface area contributed by atoms with Crippen LogP contribution in [0.1, 0.15) is 34.8 Å². The van der Waals surface area contributed by atoms with Gasteiger partial charge in [0, 0.05) is 23.9 Å². The van der Waals surface area contributed by atoms with Crippen LogP contribution in [0.25, 0.3) is 5.69 Å². The Morgan fingerprint density at radius 1 is 1.26 bits per heavy atom. The van der Waals surface area contributed by atoms with Crippen LogP contribution in [0.3, 0.4) is 0 Å². The van der Waals surface area contributed by atoms with E-state index in [0.717, 1.165) is 48.0 Å². The topological polar surface area (TPSA) is 102 Å². The van der Waals surface area contributed by atoms with E-state index >= 15 is 0 Å². The van der Waals surface area contributed by atoms with Gasteiger partial charge in [-0.1, -0.05) is 35.3 Å². The minimum Gasteiger partial charge on any atom is -0.435 e. The summed E-state index contributed by atoms with van der Waals surface area (Å²) in [5.41, 5.74) is 6.08. The fourth-order valence-electron chi connectivity index (χ4n) is 4.13. The number of amides is 1. The summed E-state index contributed by atoms with van der Waals surface area (Å²) in [5, 5.41) is 2.37. The number of rotatable bonds is 6. The van der Waals surface area contributed by atoms with Crippen molar-refractivity contribution in [3.63, 3.8) is 0 Å². The van der Waals surface area contributed by atoms with Crippen LogP contribution in [0.5, 0.6) is 5.75 Å². The summed E-state index contributed by atoms with van der Waals surface area (Å²) in [4.78, 5) is 32.4. The molecule has 1 fully saturated rings. The zero-order valence-electron chi connectivity index (χ0n) is 18.5. The van der Waals surface area contributed by atoms with E-state index in [9.17, 15) is 18.4 Å². The van der Waals surface area contributed by atoms with E-state index in [4.69, 9.17) is 28.9 Å². The molecule has 1 saturated heterocycles. The van der Waals surface area contributed by atoms with Crippen molar-refractivity contribution in [1.82, 2.24) is 14.5 Å². The molecular weight excluding hydrogens is 503 g/mol. The summed E-state index contributed by atoms with van der Waals surface area (Å²) in [7, 11) is 2.05. The standard InChI is InChI=1S/C23H21Cl2F2N5O3/c1-31-7-3-6-17(31)12-4-2-5-13(8-12)30-21(33)18-20(28)29-11-32(22(18)34)19-15(24)9-14(10-16(19)25)35-23(26)27/h2,4-5,8-11,17,23H,3,6-7,28H2,1H3,(H,30,33)/t17-/m0/s1. The van der Waals surface area contributed by atoms with Gasteiger partial charge in [-0.2, -0.15) is 8.78 Å². The van der Waals surface area contributed by atoms with Crippen LogP contribution in [0.2, 0.25) is 10.0 Å². The van der Waals surface area contributed by atoms with Gasteiger partial charge in [-0.3, -0.25) is 19.1 Å². The summed E-state index contributed by atoms with van der Waals surface area (Å²) in [6.07, 6.45) is 3.15. The van der Waals surface area contributed by atoms with E-state index in [2.05, 4.69) is 19.9 Å². The molecule has 0 radical (unpaired) electrons. The zero-order valence-corrected chi connectivity index (χ0v) is 20.0. The van der Waals surface area contributed by atoms with Gasteiger partial charge in [0.05, 0.1) is 15.7 Å². The van der Waals surface area contributed by atoms with Crippen molar-refractivity contribution in [2.75, 3.05) is 24.6 Å². The second kappa shape index (κ2) is 10.2. The molecule has 1 aliphatic heterocycles. The molecule has 1 atom stereocenters. The lowest BCUT2D eigenvalue weighted by molar-refractivity contribution is -0.0498. The van der Waals surface area contributed by atoms with Crippen molar-refractivity contribution < 1.29 is 18.3 Å². The summed E-state index contributed by atoms with van der Waals surface area (Å²) in [6, 6.07) is 9.76. The third-order valence-electron chi connectivity index (χ3n) is 5.73. The summed E-state index contributed by atoms with van der Waals surface area (Å²) >= 11 is 12.4.